The molecule has 102 valence electrons. The molecule has 0 bridgehead atoms. The number of likely N-dealkylation sites (N-methyl/N-ethyl adjacent to an activating group) is 1. The Kier molecular flexibility index (Phi) is 4.24. The molecule has 5 nitrogen and oxygen atoms in total. The third kappa shape index (κ3) is 2.67. The molecule has 1 unspecified atom stereocenters. The summed E-state index contributed by atoms with van der Waals surface area (Å²) in [6.45, 7) is 5.25. The summed E-state index contributed by atoms with van der Waals surface area (Å²) in [5.41, 5.74) is 2.29. The van der Waals surface area contributed by atoms with Gasteiger partial charge in [-0.1, -0.05) is 0 Å². The van der Waals surface area contributed by atoms with E-state index < -0.39 is 0 Å². The normalized spacial score (nSPS) is 21.2. The lowest BCUT2D eigenvalue weighted by Gasteiger charge is -2.32. The summed E-state index contributed by atoms with van der Waals surface area (Å²) >= 11 is 0. The largest absolute Gasteiger partial charge is 0.481 e. The maximum absolute atomic E-state index is 5.45. The van der Waals surface area contributed by atoms with E-state index in [9.17, 15) is 0 Å². The molecule has 2 rings (SSSR count). The molecule has 18 heavy (non-hydrogen) atoms. The first-order valence-corrected chi connectivity index (χ1v) is 6.61. The molecule has 1 aliphatic heterocycles. The highest BCUT2D eigenvalue weighted by atomic mass is 16.5. The quantitative estimate of drug-likeness (QED) is 0.865. The SMILES string of the molecule is CNC1CCCN(Cc2c(C)nn(C)c2OC)C1. The van der Waals surface area contributed by atoms with E-state index in [1.807, 2.05) is 18.8 Å². The lowest BCUT2D eigenvalue weighted by molar-refractivity contribution is 0.185. The zero-order valence-corrected chi connectivity index (χ0v) is 11.9. The van der Waals surface area contributed by atoms with Crippen LogP contribution in [0, 0.1) is 6.92 Å². The van der Waals surface area contributed by atoms with Crippen LogP contribution < -0.4 is 10.1 Å². The third-order valence-electron chi connectivity index (χ3n) is 3.78. The predicted octanol–water partition coefficient (Wildman–Crippen LogP) is 0.921. The van der Waals surface area contributed by atoms with Gasteiger partial charge in [-0.2, -0.15) is 5.10 Å². The van der Waals surface area contributed by atoms with Crippen molar-refractivity contribution in [2.24, 2.45) is 7.05 Å². The fourth-order valence-electron chi connectivity index (χ4n) is 2.78. The summed E-state index contributed by atoms with van der Waals surface area (Å²) in [5.74, 6) is 0.888. The number of aromatic nitrogens is 2. The first kappa shape index (κ1) is 13.4. The Balaban J connectivity index is 2.09. The van der Waals surface area contributed by atoms with E-state index in [4.69, 9.17) is 4.74 Å². The number of ether oxygens (including phenoxy) is 1. The van der Waals surface area contributed by atoms with Crippen LogP contribution in [0.4, 0.5) is 0 Å². The van der Waals surface area contributed by atoms with Crippen LogP contribution in [0.25, 0.3) is 0 Å². The van der Waals surface area contributed by atoms with Crippen molar-refractivity contribution >= 4 is 0 Å². The summed E-state index contributed by atoms with van der Waals surface area (Å²) in [4.78, 5) is 2.48. The molecule has 2 heterocycles. The molecule has 1 atom stereocenters. The Morgan fingerprint density at radius 2 is 2.28 bits per heavy atom. The summed E-state index contributed by atoms with van der Waals surface area (Å²) in [6, 6.07) is 0.613. The van der Waals surface area contributed by atoms with Crippen molar-refractivity contribution in [3.8, 4) is 5.88 Å². The van der Waals surface area contributed by atoms with Gasteiger partial charge in [0.05, 0.1) is 18.4 Å². The maximum Gasteiger partial charge on any atom is 0.216 e. The van der Waals surface area contributed by atoms with Gasteiger partial charge in [-0.25, -0.2) is 4.68 Å². The number of nitrogens with one attached hydrogen (secondary N) is 1. The van der Waals surface area contributed by atoms with E-state index in [1.165, 1.54) is 18.4 Å². The second-order valence-corrected chi connectivity index (χ2v) is 5.06. The minimum atomic E-state index is 0.613. The summed E-state index contributed by atoms with van der Waals surface area (Å²) in [5, 5.41) is 7.81. The highest BCUT2D eigenvalue weighted by molar-refractivity contribution is 5.30. The van der Waals surface area contributed by atoms with Crippen LogP contribution in [0.15, 0.2) is 0 Å². The average molecular weight is 252 g/mol. The van der Waals surface area contributed by atoms with Gasteiger partial charge in [0.25, 0.3) is 0 Å². The molecule has 5 heteroatoms. The van der Waals surface area contributed by atoms with E-state index in [2.05, 4.69) is 22.2 Å². The van der Waals surface area contributed by atoms with E-state index in [0.29, 0.717) is 6.04 Å². The van der Waals surface area contributed by atoms with Crippen LogP contribution in [0.5, 0.6) is 5.88 Å². The number of likely N-dealkylation sites (tertiary alicyclic amines) is 1. The Hall–Kier alpha value is -1.07. The smallest absolute Gasteiger partial charge is 0.216 e. The van der Waals surface area contributed by atoms with E-state index in [1.54, 1.807) is 7.11 Å². The van der Waals surface area contributed by atoms with Gasteiger partial charge in [-0.15, -0.1) is 0 Å². The van der Waals surface area contributed by atoms with Crippen LogP contribution in [-0.4, -0.2) is 48.0 Å². The number of hydrogen-bond donors (Lipinski definition) is 1. The van der Waals surface area contributed by atoms with E-state index >= 15 is 0 Å². The molecule has 1 aromatic heterocycles. The first-order valence-electron chi connectivity index (χ1n) is 6.61. The molecule has 1 aromatic rings. The Morgan fingerprint density at radius 3 is 2.94 bits per heavy atom. The fourth-order valence-corrected chi connectivity index (χ4v) is 2.78. The lowest BCUT2D eigenvalue weighted by Crippen LogP contribution is -2.43. The highest BCUT2D eigenvalue weighted by Crippen LogP contribution is 2.24. The minimum absolute atomic E-state index is 0.613. The topological polar surface area (TPSA) is 42.3 Å². The molecule has 0 aromatic carbocycles. The number of methoxy groups -OCH3 is 1. The van der Waals surface area contributed by atoms with E-state index in [-0.39, 0.29) is 0 Å². The molecule has 1 fully saturated rings. The summed E-state index contributed by atoms with van der Waals surface area (Å²) in [7, 11) is 5.69. The van der Waals surface area contributed by atoms with Crippen molar-refractivity contribution in [3.05, 3.63) is 11.3 Å². The highest BCUT2D eigenvalue weighted by Gasteiger charge is 2.22. The van der Waals surface area contributed by atoms with Gasteiger partial charge in [0.2, 0.25) is 5.88 Å². The fraction of sp³-hybridized carbons (Fsp3) is 0.769. The molecular formula is C13H24N4O. The van der Waals surface area contributed by atoms with Gasteiger partial charge in [0, 0.05) is 26.2 Å². The van der Waals surface area contributed by atoms with Crippen LogP contribution in [0.2, 0.25) is 0 Å². The van der Waals surface area contributed by atoms with E-state index in [0.717, 1.165) is 31.2 Å². The van der Waals surface area contributed by atoms with Gasteiger partial charge in [0.15, 0.2) is 0 Å². The molecule has 0 saturated carbocycles. The standard InChI is InChI=1S/C13H24N4O/c1-10-12(13(18-4)16(3)15-10)9-17-7-5-6-11(8-17)14-2/h11,14H,5-9H2,1-4H3. The second-order valence-electron chi connectivity index (χ2n) is 5.06. The molecule has 0 aliphatic carbocycles. The van der Waals surface area contributed by atoms with Crippen LogP contribution >= 0.6 is 0 Å². The average Bonchev–Trinajstić information content (AvgIpc) is 2.64. The van der Waals surface area contributed by atoms with Crippen LogP contribution in [0.1, 0.15) is 24.1 Å². The molecular weight excluding hydrogens is 228 g/mol. The Labute approximate surface area is 109 Å². The Morgan fingerprint density at radius 1 is 1.50 bits per heavy atom. The number of piperidine rings is 1. The van der Waals surface area contributed by atoms with Crippen LogP contribution in [-0.2, 0) is 13.6 Å². The van der Waals surface area contributed by atoms with Gasteiger partial charge in [-0.05, 0) is 33.4 Å². The van der Waals surface area contributed by atoms with Gasteiger partial charge in [0.1, 0.15) is 0 Å². The first-order chi connectivity index (χ1) is 8.65. The summed E-state index contributed by atoms with van der Waals surface area (Å²) in [6.07, 6.45) is 2.53. The number of rotatable bonds is 4. The number of hydrogen-bond acceptors (Lipinski definition) is 4. The van der Waals surface area contributed by atoms with Crippen molar-refractivity contribution < 1.29 is 4.74 Å². The molecule has 0 amide bonds. The zero-order chi connectivity index (χ0) is 13.1. The van der Waals surface area contributed by atoms with Crippen molar-refractivity contribution in [1.29, 1.82) is 0 Å². The molecule has 1 aliphatic rings. The minimum Gasteiger partial charge on any atom is -0.481 e. The van der Waals surface area contributed by atoms with Gasteiger partial charge >= 0.3 is 0 Å². The summed E-state index contributed by atoms with van der Waals surface area (Å²) < 4.78 is 7.27. The number of aryl methyl sites for hydroxylation is 2. The molecule has 0 radical (unpaired) electrons. The second kappa shape index (κ2) is 5.71. The maximum atomic E-state index is 5.45. The monoisotopic (exact) mass is 252 g/mol. The van der Waals surface area contributed by atoms with Crippen molar-refractivity contribution in [2.75, 3.05) is 27.2 Å². The zero-order valence-electron chi connectivity index (χ0n) is 11.9. The number of nitrogens with zero attached hydrogens (tertiary/aromatic N) is 3. The molecule has 1 N–H and O–H groups in total. The predicted molar refractivity (Wildman–Crippen MR) is 71.9 cm³/mol. The van der Waals surface area contributed by atoms with Crippen molar-refractivity contribution in [1.82, 2.24) is 20.0 Å². The molecule has 0 spiro atoms. The lowest BCUT2D eigenvalue weighted by atomic mass is 10.1. The van der Waals surface area contributed by atoms with Gasteiger partial charge in [-0.3, -0.25) is 4.90 Å². The van der Waals surface area contributed by atoms with Gasteiger partial charge < -0.3 is 10.1 Å². The third-order valence-corrected chi connectivity index (χ3v) is 3.78. The Bertz CT molecular complexity index is 402. The molecule has 1 saturated heterocycles. The van der Waals surface area contributed by atoms with Crippen LogP contribution in [0.3, 0.4) is 0 Å². The van der Waals surface area contributed by atoms with Crippen molar-refractivity contribution in [2.45, 2.75) is 32.4 Å². The van der Waals surface area contributed by atoms with Crippen molar-refractivity contribution in [3.63, 3.8) is 0 Å².